The van der Waals surface area contributed by atoms with Gasteiger partial charge in [0.2, 0.25) is 10.0 Å². The van der Waals surface area contributed by atoms with Crippen LogP contribution in [0.3, 0.4) is 0 Å². The van der Waals surface area contributed by atoms with Crippen LogP contribution in [-0.2, 0) is 27.2 Å². The first-order chi connectivity index (χ1) is 14.0. The third-order valence-corrected chi connectivity index (χ3v) is 7.16. The molecule has 0 bridgehead atoms. The number of rotatable bonds is 6. The monoisotopic (exact) mass is 432 g/mol. The van der Waals surface area contributed by atoms with E-state index in [1.165, 1.54) is 21.1 Å². The molecule has 1 aromatic carbocycles. The van der Waals surface area contributed by atoms with Gasteiger partial charge in [-0.25, -0.2) is 13.2 Å². The molecule has 2 heterocycles. The van der Waals surface area contributed by atoms with Crippen LogP contribution in [0.4, 0.5) is 0 Å². The van der Waals surface area contributed by atoms with Crippen molar-refractivity contribution in [2.75, 3.05) is 19.7 Å². The van der Waals surface area contributed by atoms with Crippen molar-refractivity contribution in [2.45, 2.75) is 43.9 Å². The lowest BCUT2D eigenvalue weighted by Gasteiger charge is -2.18. The molecule has 0 N–H and O–H groups in total. The summed E-state index contributed by atoms with van der Waals surface area (Å²) in [6, 6.07) is 8.53. The zero-order valence-corrected chi connectivity index (χ0v) is 18.7. The van der Waals surface area contributed by atoms with Crippen molar-refractivity contribution in [1.82, 2.24) is 8.87 Å². The van der Waals surface area contributed by atoms with Gasteiger partial charge in [0.15, 0.2) is 12.4 Å². The van der Waals surface area contributed by atoms with E-state index in [9.17, 15) is 18.0 Å². The number of nitrogens with zero attached hydrogens (tertiary/aromatic N) is 2. The molecule has 0 spiro atoms. The Balaban J connectivity index is 1.66. The molecule has 1 saturated heterocycles. The van der Waals surface area contributed by atoms with E-state index in [0.29, 0.717) is 18.7 Å². The minimum Gasteiger partial charge on any atom is -0.453 e. The van der Waals surface area contributed by atoms with Crippen molar-refractivity contribution in [2.24, 2.45) is 7.05 Å². The molecule has 1 aliphatic heterocycles. The number of ketones is 1. The van der Waals surface area contributed by atoms with Crippen molar-refractivity contribution in [3.05, 3.63) is 53.3 Å². The van der Waals surface area contributed by atoms with Crippen LogP contribution < -0.4 is 0 Å². The lowest BCUT2D eigenvalue weighted by Crippen LogP contribution is -2.27. The minimum atomic E-state index is -3.63. The summed E-state index contributed by atoms with van der Waals surface area (Å²) in [7, 11) is -2.05. The van der Waals surface area contributed by atoms with Gasteiger partial charge in [-0.2, -0.15) is 4.31 Å². The van der Waals surface area contributed by atoms with E-state index in [2.05, 4.69) is 20.8 Å². The third kappa shape index (κ3) is 4.65. The second kappa shape index (κ2) is 8.35. The number of sulfonamides is 1. The fraction of sp³-hybridized carbons (Fsp3) is 0.455. The number of carbonyl (C=O) groups excluding carboxylic acids is 2. The topological polar surface area (TPSA) is 85.7 Å². The standard InChI is InChI=1S/C22H28N2O5S/c1-22(2,3)17-9-7-16(8-10-17)20(25)15-29-21(26)19-13-18(14-23(19)4)30(27,28)24-11-5-6-12-24/h7-10,13-14H,5-6,11-12,15H2,1-4H3. The highest BCUT2D eigenvalue weighted by molar-refractivity contribution is 7.89. The van der Waals surface area contributed by atoms with E-state index in [0.717, 1.165) is 18.4 Å². The number of ether oxygens (including phenoxy) is 1. The van der Waals surface area contributed by atoms with Crippen molar-refractivity contribution >= 4 is 21.8 Å². The number of hydrogen-bond donors (Lipinski definition) is 0. The Labute approximate surface area is 177 Å². The average Bonchev–Trinajstić information content (AvgIpc) is 3.36. The zero-order chi connectivity index (χ0) is 22.1. The first-order valence-electron chi connectivity index (χ1n) is 9.97. The predicted molar refractivity (Wildman–Crippen MR) is 113 cm³/mol. The van der Waals surface area contributed by atoms with E-state index >= 15 is 0 Å². The van der Waals surface area contributed by atoms with Gasteiger partial charge in [0.25, 0.3) is 0 Å². The highest BCUT2D eigenvalue weighted by Crippen LogP contribution is 2.24. The second-order valence-corrected chi connectivity index (χ2v) is 10.5. The van der Waals surface area contributed by atoms with E-state index in [1.807, 2.05) is 12.1 Å². The maximum absolute atomic E-state index is 12.7. The number of carbonyl (C=O) groups is 2. The van der Waals surface area contributed by atoms with Gasteiger partial charge in [0.1, 0.15) is 10.6 Å². The summed E-state index contributed by atoms with van der Waals surface area (Å²) >= 11 is 0. The number of hydrogen-bond acceptors (Lipinski definition) is 5. The fourth-order valence-electron chi connectivity index (χ4n) is 3.40. The molecule has 0 saturated carbocycles. The molecule has 0 atom stereocenters. The molecule has 162 valence electrons. The van der Waals surface area contributed by atoms with Crippen molar-refractivity contribution in [1.29, 1.82) is 0 Å². The maximum Gasteiger partial charge on any atom is 0.355 e. The summed E-state index contributed by atoms with van der Waals surface area (Å²) < 4.78 is 33.3. The van der Waals surface area contributed by atoms with E-state index in [-0.39, 0.29) is 21.8 Å². The summed E-state index contributed by atoms with van der Waals surface area (Å²) in [5, 5.41) is 0. The molecule has 0 aliphatic carbocycles. The number of aryl methyl sites for hydroxylation is 1. The molecule has 3 rings (SSSR count). The van der Waals surface area contributed by atoms with Crippen LogP contribution in [0.5, 0.6) is 0 Å². The minimum absolute atomic E-state index is 0.0201. The smallest absolute Gasteiger partial charge is 0.355 e. The van der Waals surface area contributed by atoms with Gasteiger partial charge in [0.05, 0.1) is 0 Å². The molecule has 8 heteroatoms. The molecule has 1 aromatic heterocycles. The van der Waals surface area contributed by atoms with Gasteiger partial charge < -0.3 is 9.30 Å². The summed E-state index contributed by atoms with van der Waals surface area (Å²) in [5.41, 5.74) is 1.63. The van der Waals surface area contributed by atoms with Gasteiger partial charge in [-0.05, 0) is 29.9 Å². The third-order valence-electron chi connectivity index (χ3n) is 5.30. The molecule has 0 amide bonds. The molecule has 1 fully saturated rings. The summed E-state index contributed by atoms with van der Waals surface area (Å²) in [5.74, 6) is -1.05. The van der Waals surface area contributed by atoms with Crippen LogP contribution in [0, 0.1) is 0 Å². The van der Waals surface area contributed by atoms with Crippen LogP contribution in [0.1, 0.15) is 60.0 Å². The molecule has 0 radical (unpaired) electrons. The van der Waals surface area contributed by atoms with Crippen molar-refractivity contribution in [3.63, 3.8) is 0 Å². The lowest BCUT2D eigenvalue weighted by molar-refractivity contribution is 0.0465. The number of Topliss-reactive ketones (excluding diaryl/α,β-unsaturated/α-hetero) is 1. The quantitative estimate of drug-likeness (QED) is 0.517. The molecule has 30 heavy (non-hydrogen) atoms. The molecular formula is C22H28N2O5S. The lowest BCUT2D eigenvalue weighted by atomic mass is 9.86. The Bertz CT molecular complexity index is 1040. The fourth-order valence-corrected chi connectivity index (χ4v) is 4.99. The van der Waals surface area contributed by atoms with Gasteiger partial charge >= 0.3 is 5.97 Å². The van der Waals surface area contributed by atoms with Gasteiger partial charge in [-0.3, -0.25) is 4.79 Å². The van der Waals surface area contributed by atoms with E-state index in [4.69, 9.17) is 4.74 Å². The Morgan fingerprint density at radius 2 is 1.67 bits per heavy atom. The first-order valence-corrected chi connectivity index (χ1v) is 11.4. The Hall–Kier alpha value is -2.45. The van der Waals surface area contributed by atoms with Crippen molar-refractivity contribution < 1.29 is 22.7 Å². The molecule has 0 unspecified atom stereocenters. The van der Waals surface area contributed by atoms with E-state index in [1.54, 1.807) is 19.2 Å². The number of aromatic nitrogens is 1. The Morgan fingerprint density at radius 1 is 1.07 bits per heavy atom. The van der Waals surface area contributed by atoms with Gasteiger partial charge in [-0.15, -0.1) is 0 Å². The number of benzene rings is 1. The first kappa shape index (κ1) is 22.2. The average molecular weight is 433 g/mol. The second-order valence-electron chi connectivity index (χ2n) is 8.61. The molecule has 7 nitrogen and oxygen atoms in total. The van der Waals surface area contributed by atoms with E-state index < -0.39 is 22.6 Å². The van der Waals surface area contributed by atoms with Crippen molar-refractivity contribution in [3.8, 4) is 0 Å². The SMILES string of the molecule is Cn1cc(S(=O)(=O)N2CCCC2)cc1C(=O)OCC(=O)c1ccc(C(C)(C)C)cc1. The highest BCUT2D eigenvalue weighted by atomic mass is 32.2. The maximum atomic E-state index is 12.7. The Kier molecular flexibility index (Phi) is 6.19. The zero-order valence-electron chi connectivity index (χ0n) is 17.8. The Morgan fingerprint density at radius 3 is 2.23 bits per heavy atom. The summed E-state index contributed by atoms with van der Waals surface area (Å²) in [6.07, 6.45) is 3.07. The molecule has 1 aliphatic rings. The predicted octanol–water partition coefficient (Wildman–Crippen LogP) is 3.15. The van der Waals surface area contributed by atoms with Crippen LogP contribution >= 0.6 is 0 Å². The molecular weight excluding hydrogens is 404 g/mol. The summed E-state index contributed by atoms with van der Waals surface area (Å²) in [4.78, 5) is 24.9. The van der Waals surface area contributed by atoms with Gasteiger partial charge in [-0.1, -0.05) is 45.0 Å². The molecule has 2 aromatic rings. The van der Waals surface area contributed by atoms with Gasteiger partial charge in [0, 0.05) is 31.9 Å². The highest BCUT2D eigenvalue weighted by Gasteiger charge is 2.29. The van der Waals surface area contributed by atoms with Crippen LogP contribution in [0.2, 0.25) is 0 Å². The van der Waals surface area contributed by atoms with Crippen LogP contribution in [0.25, 0.3) is 0 Å². The largest absolute Gasteiger partial charge is 0.453 e. The van der Waals surface area contributed by atoms with Crippen LogP contribution in [-0.4, -0.2) is 48.7 Å². The normalized spacial score (nSPS) is 15.3. The number of esters is 1. The summed E-state index contributed by atoms with van der Waals surface area (Å²) in [6.45, 7) is 6.82. The van der Waals surface area contributed by atoms with Crippen LogP contribution in [0.15, 0.2) is 41.4 Å².